The average Bonchev–Trinajstić information content (AvgIpc) is 2.85. The monoisotopic (exact) mass is 240 g/mol. The van der Waals surface area contributed by atoms with Gasteiger partial charge in [0.15, 0.2) is 0 Å². The van der Waals surface area contributed by atoms with E-state index in [4.69, 9.17) is 8.42 Å². The average molecular weight is 240 g/mol. The van der Waals surface area contributed by atoms with Crippen LogP contribution < -0.4 is 0 Å². The molecule has 0 aromatic rings. The van der Waals surface area contributed by atoms with Gasteiger partial charge in [0.05, 0.1) is 0 Å². The van der Waals surface area contributed by atoms with E-state index >= 15 is 0 Å². The molecule has 2 fully saturated rings. The number of thioether (sulfide) groups is 2. The smallest absolute Gasteiger partial charge is 0.168 e. The maximum Gasteiger partial charge on any atom is 0.335 e. The summed E-state index contributed by atoms with van der Waals surface area (Å²) in [5.41, 5.74) is 0. The molecule has 0 saturated carbocycles. The highest BCUT2D eigenvalue weighted by Crippen LogP contribution is 2.15. The van der Waals surface area contributed by atoms with E-state index in [2.05, 4.69) is 23.5 Å². The predicted molar refractivity (Wildman–Crippen MR) is 62.0 cm³/mol. The van der Waals surface area contributed by atoms with Crippen molar-refractivity contribution in [2.24, 2.45) is 0 Å². The Bertz CT molecular complexity index is 102. The summed E-state index contributed by atoms with van der Waals surface area (Å²) in [6.45, 7) is 0. The molecule has 0 aliphatic carbocycles. The van der Waals surface area contributed by atoms with Gasteiger partial charge in [0.2, 0.25) is 0 Å². The molecule has 0 N–H and O–H groups in total. The Hall–Kier alpha value is 0.520. The van der Waals surface area contributed by atoms with E-state index in [0.29, 0.717) is 0 Å². The molecule has 0 aromatic heterocycles. The fourth-order valence-electron chi connectivity index (χ4n) is 1.02. The summed E-state index contributed by atoms with van der Waals surface area (Å²) in [7, 11) is 0. The third-order valence-electron chi connectivity index (χ3n) is 1.65. The van der Waals surface area contributed by atoms with Crippen molar-refractivity contribution in [3.63, 3.8) is 0 Å². The van der Waals surface area contributed by atoms with Crippen LogP contribution in [0.4, 0.5) is 0 Å². The molecule has 0 bridgehead atoms. The third kappa shape index (κ3) is 12.5. The van der Waals surface area contributed by atoms with E-state index in [-0.39, 0.29) is 0 Å². The Morgan fingerprint density at radius 2 is 0.923 bits per heavy atom. The first-order valence-corrected chi connectivity index (χ1v) is 7.46. The lowest BCUT2D eigenvalue weighted by Crippen LogP contribution is -1.58. The molecule has 2 aliphatic heterocycles. The van der Waals surface area contributed by atoms with Crippen molar-refractivity contribution >= 4 is 35.1 Å². The van der Waals surface area contributed by atoms with Crippen molar-refractivity contribution in [3.05, 3.63) is 0 Å². The van der Waals surface area contributed by atoms with Crippen molar-refractivity contribution in [1.29, 1.82) is 0 Å². The highest BCUT2D eigenvalue weighted by atomic mass is 32.2. The molecule has 0 atom stereocenters. The first-order valence-electron chi connectivity index (χ1n) is 4.49. The molecule has 0 aromatic carbocycles. The molecule has 5 heteroatoms. The zero-order valence-electron chi connectivity index (χ0n) is 7.70. The molecule has 78 valence electrons. The molecule has 0 spiro atoms. The molecule has 0 amide bonds. The lowest BCUT2D eigenvalue weighted by Gasteiger charge is -1.69. The lowest BCUT2D eigenvalue weighted by molar-refractivity contribution is 0.630. The van der Waals surface area contributed by atoms with Gasteiger partial charge < -0.3 is 0 Å². The van der Waals surface area contributed by atoms with Gasteiger partial charge in [0.25, 0.3) is 0 Å². The number of hydrogen-bond acceptors (Lipinski definition) is 4. The molecular weight excluding hydrogens is 224 g/mol. The van der Waals surface area contributed by atoms with Gasteiger partial charge in [-0.05, 0) is 48.7 Å². The fourth-order valence-corrected chi connectivity index (χ4v) is 3.06. The van der Waals surface area contributed by atoms with Crippen LogP contribution >= 0.6 is 23.5 Å². The number of rotatable bonds is 0. The molecule has 0 unspecified atom stereocenters. The molecular formula is C8H16O2S3. The fraction of sp³-hybridized carbons (Fsp3) is 1.00. The van der Waals surface area contributed by atoms with Gasteiger partial charge in [-0.15, -0.1) is 0 Å². The zero-order chi connectivity index (χ0) is 9.78. The van der Waals surface area contributed by atoms with Gasteiger partial charge in [-0.3, -0.25) is 0 Å². The maximum absolute atomic E-state index is 8.29. The SMILES string of the molecule is C1CCSC1.C1CCSC1.O=S=O. The van der Waals surface area contributed by atoms with Crippen molar-refractivity contribution in [2.75, 3.05) is 23.0 Å². The molecule has 0 radical (unpaired) electrons. The van der Waals surface area contributed by atoms with Crippen molar-refractivity contribution in [2.45, 2.75) is 25.7 Å². The van der Waals surface area contributed by atoms with Crippen LogP contribution in [0.25, 0.3) is 0 Å². The highest BCUT2D eigenvalue weighted by Gasteiger charge is 1.96. The summed E-state index contributed by atoms with van der Waals surface area (Å²) in [5, 5.41) is 0. The molecule has 13 heavy (non-hydrogen) atoms. The minimum absolute atomic E-state index is 0.750. The van der Waals surface area contributed by atoms with E-state index in [1.807, 2.05) is 0 Å². The summed E-state index contributed by atoms with van der Waals surface area (Å²) in [6, 6.07) is 0. The molecule has 2 heterocycles. The second kappa shape index (κ2) is 12.5. The largest absolute Gasteiger partial charge is 0.335 e. The minimum atomic E-state index is -0.750. The first kappa shape index (κ1) is 13.5. The van der Waals surface area contributed by atoms with E-state index in [1.165, 1.54) is 48.7 Å². The second-order valence-corrected chi connectivity index (χ2v) is 5.29. The van der Waals surface area contributed by atoms with Crippen LogP contribution in [0.15, 0.2) is 0 Å². The minimum Gasteiger partial charge on any atom is -0.168 e. The van der Waals surface area contributed by atoms with Crippen molar-refractivity contribution < 1.29 is 8.42 Å². The van der Waals surface area contributed by atoms with Crippen molar-refractivity contribution in [1.82, 2.24) is 0 Å². The van der Waals surface area contributed by atoms with Gasteiger partial charge in [-0.1, -0.05) is 0 Å². The van der Waals surface area contributed by atoms with Crippen LogP contribution in [0.3, 0.4) is 0 Å². The van der Waals surface area contributed by atoms with Crippen LogP contribution in [-0.2, 0) is 11.6 Å². The second-order valence-electron chi connectivity index (χ2n) is 2.71. The Morgan fingerprint density at radius 1 is 0.692 bits per heavy atom. The molecule has 2 nitrogen and oxygen atoms in total. The molecule has 2 rings (SSSR count). The van der Waals surface area contributed by atoms with E-state index in [9.17, 15) is 0 Å². The standard InChI is InChI=1S/2C4H8S.O2S/c2*1-2-4-5-3-1;1-3-2/h2*1-4H2;. The summed E-state index contributed by atoms with van der Waals surface area (Å²) in [6.07, 6.45) is 5.85. The van der Waals surface area contributed by atoms with Crippen LogP contribution in [0.5, 0.6) is 0 Å². The van der Waals surface area contributed by atoms with Gasteiger partial charge in [0, 0.05) is 0 Å². The van der Waals surface area contributed by atoms with Crippen LogP contribution in [0.1, 0.15) is 25.7 Å². The van der Waals surface area contributed by atoms with Gasteiger partial charge >= 0.3 is 11.6 Å². The van der Waals surface area contributed by atoms with E-state index < -0.39 is 11.6 Å². The summed E-state index contributed by atoms with van der Waals surface area (Å²) in [5.74, 6) is 5.67. The quantitative estimate of drug-likeness (QED) is 0.651. The van der Waals surface area contributed by atoms with Gasteiger partial charge in [-0.2, -0.15) is 31.9 Å². The summed E-state index contributed by atoms with van der Waals surface area (Å²) >= 11 is 3.40. The zero-order valence-corrected chi connectivity index (χ0v) is 10.1. The Morgan fingerprint density at radius 3 is 1.00 bits per heavy atom. The maximum atomic E-state index is 8.29. The Balaban J connectivity index is 0.000000174. The molecule has 2 saturated heterocycles. The summed E-state index contributed by atoms with van der Waals surface area (Å²) < 4.78 is 16.6. The van der Waals surface area contributed by atoms with Gasteiger partial charge in [0.1, 0.15) is 0 Å². The Labute approximate surface area is 92.2 Å². The highest BCUT2D eigenvalue weighted by molar-refractivity contribution is 7.99. The third-order valence-corrected chi connectivity index (χ3v) is 3.96. The van der Waals surface area contributed by atoms with Crippen molar-refractivity contribution in [3.8, 4) is 0 Å². The van der Waals surface area contributed by atoms with Crippen LogP contribution in [0, 0.1) is 0 Å². The summed E-state index contributed by atoms with van der Waals surface area (Å²) in [4.78, 5) is 0. The first-order chi connectivity index (χ1) is 6.41. The normalized spacial score (nSPS) is 19.4. The predicted octanol–water partition coefficient (Wildman–Crippen LogP) is 2.36. The van der Waals surface area contributed by atoms with E-state index in [0.717, 1.165) is 0 Å². The van der Waals surface area contributed by atoms with E-state index in [1.54, 1.807) is 0 Å². The number of hydrogen-bond donors (Lipinski definition) is 0. The van der Waals surface area contributed by atoms with Crippen LogP contribution in [0.2, 0.25) is 0 Å². The molecule has 2 aliphatic rings. The Kier molecular flexibility index (Phi) is 13.0. The topological polar surface area (TPSA) is 34.1 Å². The van der Waals surface area contributed by atoms with Crippen LogP contribution in [-0.4, -0.2) is 31.4 Å². The lowest BCUT2D eigenvalue weighted by atomic mass is 10.4. The van der Waals surface area contributed by atoms with Gasteiger partial charge in [-0.25, -0.2) is 0 Å².